The molecule has 4 rings (SSSR count). The van der Waals surface area contributed by atoms with E-state index in [1.165, 1.54) is 4.90 Å². The Morgan fingerprint density at radius 3 is 2.43 bits per heavy atom. The highest BCUT2D eigenvalue weighted by atomic mass is 19.4. The molecule has 7 nitrogen and oxygen atoms in total. The molecule has 2 N–H and O–H groups in total. The van der Waals surface area contributed by atoms with Gasteiger partial charge in [-0.25, -0.2) is 0 Å². The van der Waals surface area contributed by atoms with Gasteiger partial charge in [0, 0.05) is 30.1 Å². The number of allylic oxidation sites excluding steroid dienone is 1. The Hall–Kier alpha value is -3.61. The Labute approximate surface area is 245 Å². The van der Waals surface area contributed by atoms with Crippen LogP contribution >= 0.6 is 0 Å². The molecule has 0 spiro atoms. The Morgan fingerprint density at radius 2 is 1.86 bits per heavy atom. The first-order valence-electron chi connectivity index (χ1n) is 14.2. The molecule has 0 bridgehead atoms. The number of fused-ring (bicyclic) bond motifs is 2. The number of Topliss-reactive ketones (excluding diaryl/α,β-unsaturated/α-hetero) is 1. The molecule has 2 aromatic rings. The van der Waals surface area contributed by atoms with Crippen molar-refractivity contribution in [1.82, 2.24) is 15.2 Å². The number of aryl methyl sites for hydroxylation is 1. The monoisotopic (exact) mass is 586 g/mol. The number of amides is 2. The number of aromatic nitrogens is 1. The van der Waals surface area contributed by atoms with Crippen LogP contribution in [0.1, 0.15) is 59.9 Å². The highest BCUT2D eigenvalue weighted by molar-refractivity contribution is 5.94. The van der Waals surface area contributed by atoms with Crippen molar-refractivity contribution >= 4 is 28.5 Å². The second kappa shape index (κ2) is 12.3. The molecule has 2 amide bonds. The standard InChI is InChI=1S/C29H35F3N4O3.C3H6/c1-27(2,3)19(12-22(37)29(30,31)32)26(39)36-15-20-23(28(20,4)5)24(36)25(38)35-17(13-33)11-10-16-14-34-21-9-7-6-8-18(16)21;1-3-2/h6-9,14,17,19-20,23-24,34H,10-12,15H2,1-5H3,(H,35,38);3H,1H2,2H3/t17?,19-,20?,23?,24+;/m1./s1. The largest absolute Gasteiger partial charge is 0.449 e. The van der Waals surface area contributed by atoms with Crippen LogP contribution in [0.4, 0.5) is 13.2 Å². The molecule has 42 heavy (non-hydrogen) atoms. The number of nitriles is 1. The lowest BCUT2D eigenvalue weighted by molar-refractivity contribution is -0.174. The number of aromatic amines is 1. The number of carbonyl (C=O) groups is 3. The van der Waals surface area contributed by atoms with E-state index in [0.29, 0.717) is 12.8 Å². The van der Waals surface area contributed by atoms with Crippen molar-refractivity contribution in [3.8, 4) is 6.07 Å². The van der Waals surface area contributed by atoms with Crippen molar-refractivity contribution in [3.05, 3.63) is 48.7 Å². The van der Waals surface area contributed by atoms with Crippen molar-refractivity contribution in [2.75, 3.05) is 6.54 Å². The van der Waals surface area contributed by atoms with E-state index < -0.39 is 53.6 Å². The summed E-state index contributed by atoms with van der Waals surface area (Å²) in [5.41, 5.74) is 0.841. The smallest absolute Gasteiger partial charge is 0.361 e. The van der Waals surface area contributed by atoms with Crippen LogP contribution in [0, 0.1) is 39.9 Å². The first-order valence-corrected chi connectivity index (χ1v) is 14.2. The van der Waals surface area contributed by atoms with E-state index in [1.54, 1.807) is 26.8 Å². The molecule has 2 aliphatic rings. The summed E-state index contributed by atoms with van der Waals surface area (Å²) in [6, 6.07) is 8.20. The van der Waals surface area contributed by atoms with E-state index in [1.807, 2.05) is 51.2 Å². The fraction of sp³-hybridized carbons (Fsp3) is 0.562. The molecule has 1 aliphatic carbocycles. The minimum Gasteiger partial charge on any atom is -0.361 e. The molecule has 10 heteroatoms. The first-order chi connectivity index (χ1) is 19.5. The molecule has 2 heterocycles. The third-order valence-corrected chi connectivity index (χ3v) is 8.66. The van der Waals surface area contributed by atoms with Gasteiger partial charge >= 0.3 is 6.18 Å². The number of likely N-dealkylation sites (tertiary alicyclic amines) is 1. The maximum absolute atomic E-state index is 13.7. The Kier molecular flexibility index (Phi) is 9.65. The molecule has 1 aromatic heterocycles. The van der Waals surface area contributed by atoms with Crippen LogP contribution in [-0.2, 0) is 20.8 Å². The number of alkyl halides is 3. The van der Waals surface area contributed by atoms with Gasteiger partial charge in [-0.1, -0.05) is 58.9 Å². The number of para-hydroxylation sites is 1. The number of hydrogen-bond acceptors (Lipinski definition) is 4. The van der Waals surface area contributed by atoms with Gasteiger partial charge in [0.25, 0.3) is 0 Å². The van der Waals surface area contributed by atoms with E-state index in [-0.39, 0.29) is 23.8 Å². The summed E-state index contributed by atoms with van der Waals surface area (Å²) in [6.07, 6.45) is -1.49. The van der Waals surface area contributed by atoms with Gasteiger partial charge in [0.1, 0.15) is 12.1 Å². The predicted molar refractivity (Wildman–Crippen MR) is 155 cm³/mol. The Morgan fingerprint density at radius 1 is 1.24 bits per heavy atom. The van der Waals surface area contributed by atoms with Crippen molar-refractivity contribution < 1.29 is 27.6 Å². The number of rotatable bonds is 8. The molecule has 0 radical (unpaired) electrons. The fourth-order valence-electron chi connectivity index (χ4n) is 6.14. The van der Waals surface area contributed by atoms with Crippen molar-refractivity contribution in [2.24, 2.45) is 28.6 Å². The van der Waals surface area contributed by atoms with E-state index in [0.717, 1.165) is 16.5 Å². The molecule has 228 valence electrons. The van der Waals surface area contributed by atoms with Gasteiger partial charge in [-0.2, -0.15) is 18.4 Å². The van der Waals surface area contributed by atoms with Crippen LogP contribution in [0.25, 0.3) is 10.9 Å². The van der Waals surface area contributed by atoms with Crippen LogP contribution in [-0.4, -0.2) is 52.3 Å². The van der Waals surface area contributed by atoms with Gasteiger partial charge in [-0.3, -0.25) is 14.4 Å². The molecule has 5 atom stereocenters. The van der Waals surface area contributed by atoms with Gasteiger partial charge in [-0.05, 0) is 54.1 Å². The number of carbonyl (C=O) groups excluding carboxylic acids is 3. The van der Waals surface area contributed by atoms with Crippen molar-refractivity contribution in [3.63, 3.8) is 0 Å². The van der Waals surface area contributed by atoms with E-state index >= 15 is 0 Å². The third-order valence-electron chi connectivity index (χ3n) is 8.66. The maximum Gasteiger partial charge on any atom is 0.449 e. The van der Waals surface area contributed by atoms with Gasteiger partial charge in [0.05, 0.1) is 12.0 Å². The number of ketones is 1. The average Bonchev–Trinajstić information content (AvgIpc) is 3.26. The summed E-state index contributed by atoms with van der Waals surface area (Å²) < 4.78 is 39.3. The summed E-state index contributed by atoms with van der Waals surface area (Å²) in [7, 11) is 0. The Bertz CT molecular complexity index is 1370. The molecule has 1 aromatic carbocycles. The lowest BCUT2D eigenvalue weighted by Crippen LogP contribution is -2.54. The highest BCUT2D eigenvalue weighted by Crippen LogP contribution is 2.65. The zero-order valence-electron chi connectivity index (χ0n) is 25.1. The topological polar surface area (TPSA) is 106 Å². The lowest BCUT2D eigenvalue weighted by Gasteiger charge is -2.37. The van der Waals surface area contributed by atoms with Gasteiger partial charge in [-0.15, -0.1) is 6.58 Å². The summed E-state index contributed by atoms with van der Waals surface area (Å²) in [5, 5.41) is 13.6. The average molecular weight is 587 g/mol. The van der Waals surface area contributed by atoms with Crippen molar-refractivity contribution in [2.45, 2.75) is 79.1 Å². The molecular formula is C32H41F3N4O3. The normalized spacial score (nSPS) is 22.2. The maximum atomic E-state index is 13.7. The zero-order valence-corrected chi connectivity index (χ0v) is 25.1. The molecule has 1 saturated heterocycles. The number of nitrogens with zero attached hydrogens (tertiary/aromatic N) is 2. The van der Waals surface area contributed by atoms with Gasteiger partial charge in [0.2, 0.25) is 17.6 Å². The lowest BCUT2D eigenvalue weighted by atomic mass is 9.76. The van der Waals surface area contributed by atoms with Crippen molar-refractivity contribution in [1.29, 1.82) is 5.26 Å². The van der Waals surface area contributed by atoms with Crippen LogP contribution in [0.3, 0.4) is 0 Å². The zero-order chi connectivity index (χ0) is 31.6. The van der Waals surface area contributed by atoms with E-state index in [4.69, 9.17) is 0 Å². The summed E-state index contributed by atoms with van der Waals surface area (Å²) in [6.45, 7) is 14.3. The minimum absolute atomic E-state index is 0.0166. The van der Waals surface area contributed by atoms with Crippen LogP contribution < -0.4 is 5.32 Å². The number of H-pyrrole nitrogens is 1. The summed E-state index contributed by atoms with van der Waals surface area (Å²) >= 11 is 0. The number of piperidine rings is 1. The minimum atomic E-state index is -5.04. The summed E-state index contributed by atoms with van der Waals surface area (Å²) in [4.78, 5) is 43.6. The quantitative estimate of drug-likeness (QED) is 0.372. The Balaban J connectivity index is 0.00000155. The summed E-state index contributed by atoms with van der Waals surface area (Å²) in [5.74, 6) is -4.46. The molecule has 1 aliphatic heterocycles. The third kappa shape index (κ3) is 6.88. The number of halogens is 3. The van der Waals surface area contributed by atoms with E-state index in [2.05, 4.69) is 22.9 Å². The number of benzene rings is 1. The molecule has 3 unspecified atom stereocenters. The van der Waals surface area contributed by atoms with Gasteiger partial charge < -0.3 is 15.2 Å². The van der Waals surface area contributed by atoms with Crippen LogP contribution in [0.15, 0.2) is 43.1 Å². The highest BCUT2D eigenvalue weighted by Gasteiger charge is 2.69. The number of nitrogens with one attached hydrogen (secondary N) is 2. The molecule has 2 fully saturated rings. The SMILES string of the molecule is C=CC.CC1(C)C2CN(C(=O)[C@@H](CC(=O)C(F)(F)F)C(C)(C)C)[C@H](C(=O)NC(C#N)CCc3c[nH]c4ccccc34)C21. The second-order valence-corrected chi connectivity index (χ2v) is 12.9. The van der Waals surface area contributed by atoms with Crippen LogP contribution in [0.5, 0.6) is 0 Å². The number of hydrogen-bond donors (Lipinski definition) is 2. The van der Waals surface area contributed by atoms with Crippen LogP contribution in [0.2, 0.25) is 0 Å². The predicted octanol–water partition coefficient (Wildman–Crippen LogP) is 5.97. The first kappa shape index (κ1) is 32.9. The molecular weight excluding hydrogens is 545 g/mol. The molecule has 1 saturated carbocycles. The fourth-order valence-corrected chi connectivity index (χ4v) is 6.14. The van der Waals surface area contributed by atoms with Gasteiger partial charge in [0.15, 0.2) is 0 Å². The second-order valence-electron chi connectivity index (χ2n) is 12.9. The van der Waals surface area contributed by atoms with E-state index in [9.17, 15) is 32.8 Å².